The zero-order valence-corrected chi connectivity index (χ0v) is 21.8. The summed E-state index contributed by atoms with van der Waals surface area (Å²) in [5.74, 6) is 0.284. The molecule has 3 aromatic carbocycles. The highest BCUT2D eigenvalue weighted by atomic mass is 16.2. The van der Waals surface area contributed by atoms with E-state index in [1.54, 1.807) is 4.68 Å². The maximum absolute atomic E-state index is 13.4. The van der Waals surface area contributed by atoms with E-state index in [9.17, 15) is 9.59 Å². The van der Waals surface area contributed by atoms with Gasteiger partial charge in [0.25, 0.3) is 0 Å². The molecule has 190 valence electrons. The fourth-order valence-electron chi connectivity index (χ4n) is 4.24. The lowest BCUT2D eigenvalue weighted by Crippen LogP contribution is -2.41. The standard InChI is InChI=1S/C30H33N5O2/c1-5-19-34(30(37)31-26-14-10-9-11-22(26)3)20-27(36)32-29-28(24-12-7-6-8-13-24)23(4)33-35(29)25-17-15-21(2)16-18-25/h6-18H,5,19-20H2,1-4H3,(H,31,37)(H,32,36). The first-order chi connectivity index (χ1) is 17.9. The second kappa shape index (κ2) is 11.6. The van der Waals surface area contributed by atoms with Crippen molar-refractivity contribution >= 4 is 23.4 Å². The van der Waals surface area contributed by atoms with Crippen molar-refractivity contribution in [3.05, 3.63) is 95.7 Å². The Morgan fingerprint density at radius 2 is 1.54 bits per heavy atom. The van der Waals surface area contributed by atoms with Crippen molar-refractivity contribution in [1.29, 1.82) is 0 Å². The van der Waals surface area contributed by atoms with Crippen molar-refractivity contribution in [3.63, 3.8) is 0 Å². The zero-order chi connectivity index (χ0) is 26.4. The van der Waals surface area contributed by atoms with Crippen LogP contribution in [0.5, 0.6) is 0 Å². The predicted molar refractivity (Wildman–Crippen MR) is 149 cm³/mol. The molecule has 3 amide bonds. The van der Waals surface area contributed by atoms with Gasteiger partial charge in [-0.15, -0.1) is 0 Å². The van der Waals surface area contributed by atoms with E-state index in [4.69, 9.17) is 5.10 Å². The monoisotopic (exact) mass is 495 g/mol. The third-order valence-corrected chi connectivity index (χ3v) is 6.16. The molecule has 7 nitrogen and oxygen atoms in total. The largest absolute Gasteiger partial charge is 0.322 e. The fourth-order valence-corrected chi connectivity index (χ4v) is 4.24. The maximum Gasteiger partial charge on any atom is 0.322 e. The van der Waals surface area contributed by atoms with Crippen LogP contribution in [0.2, 0.25) is 0 Å². The molecule has 4 aromatic rings. The summed E-state index contributed by atoms with van der Waals surface area (Å²) in [6, 6.07) is 25.1. The number of hydrogen-bond donors (Lipinski definition) is 2. The van der Waals surface area contributed by atoms with E-state index >= 15 is 0 Å². The van der Waals surface area contributed by atoms with Crippen LogP contribution in [0.15, 0.2) is 78.9 Å². The van der Waals surface area contributed by atoms with Gasteiger partial charge in [-0.05, 0) is 56.5 Å². The Morgan fingerprint density at radius 3 is 2.22 bits per heavy atom. The first-order valence-electron chi connectivity index (χ1n) is 12.5. The van der Waals surface area contributed by atoms with Gasteiger partial charge in [-0.25, -0.2) is 9.48 Å². The van der Waals surface area contributed by atoms with E-state index < -0.39 is 0 Å². The molecule has 1 heterocycles. The molecule has 37 heavy (non-hydrogen) atoms. The van der Waals surface area contributed by atoms with E-state index in [2.05, 4.69) is 10.6 Å². The molecule has 0 radical (unpaired) electrons. The van der Waals surface area contributed by atoms with Crippen molar-refractivity contribution in [3.8, 4) is 16.8 Å². The number of carbonyl (C=O) groups is 2. The number of anilines is 2. The van der Waals surface area contributed by atoms with Crippen LogP contribution in [0.1, 0.15) is 30.2 Å². The lowest BCUT2D eigenvalue weighted by molar-refractivity contribution is -0.116. The molecule has 0 fully saturated rings. The number of hydrogen-bond acceptors (Lipinski definition) is 3. The molecule has 0 unspecified atom stereocenters. The van der Waals surface area contributed by atoms with E-state index in [1.807, 2.05) is 107 Å². The molecule has 0 atom stereocenters. The summed E-state index contributed by atoms with van der Waals surface area (Å²) in [6.07, 6.45) is 0.726. The molecule has 0 bridgehead atoms. The number of rotatable bonds is 8. The van der Waals surface area contributed by atoms with Crippen LogP contribution in [0.4, 0.5) is 16.3 Å². The number of amides is 3. The predicted octanol–water partition coefficient (Wildman–Crippen LogP) is 6.35. The van der Waals surface area contributed by atoms with E-state index in [1.165, 1.54) is 4.90 Å². The third kappa shape index (κ3) is 6.06. The van der Waals surface area contributed by atoms with Gasteiger partial charge in [0.05, 0.1) is 11.4 Å². The highest BCUT2D eigenvalue weighted by Crippen LogP contribution is 2.33. The van der Waals surface area contributed by atoms with Crippen LogP contribution in [0.3, 0.4) is 0 Å². The van der Waals surface area contributed by atoms with Gasteiger partial charge >= 0.3 is 6.03 Å². The quantitative estimate of drug-likeness (QED) is 0.299. The Morgan fingerprint density at radius 1 is 0.865 bits per heavy atom. The number of para-hydroxylation sites is 1. The Labute approximate surface area is 218 Å². The van der Waals surface area contributed by atoms with E-state index in [0.717, 1.165) is 45.7 Å². The molecule has 0 aliphatic heterocycles. The molecule has 0 aliphatic carbocycles. The summed E-state index contributed by atoms with van der Waals surface area (Å²) in [7, 11) is 0. The van der Waals surface area contributed by atoms with Gasteiger partial charge in [-0.1, -0.05) is 73.2 Å². The second-order valence-corrected chi connectivity index (χ2v) is 9.14. The van der Waals surface area contributed by atoms with E-state index in [-0.39, 0.29) is 18.5 Å². The molecular formula is C30H33N5O2. The molecule has 7 heteroatoms. The van der Waals surface area contributed by atoms with Gasteiger partial charge in [0.15, 0.2) is 0 Å². The molecule has 1 aromatic heterocycles. The summed E-state index contributed by atoms with van der Waals surface area (Å²) in [5, 5.41) is 10.8. The van der Waals surface area contributed by atoms with Crippen LogP contribution in [-0.2, 0) is 4.79 Å². The number of urea groups is 1. The molecule has 0 spiro atoms. The molecule has 4 rings (SSSR count). The highest BCUT2D eigenvalue weighted by Gasteiger charge is 2.23. The minimum Gasteiger partial charge on any atom is -0.315 e. The van der Waals surface area contributed by atoms with Crippen LogP contribution >= 0.6 is 0 Å². The first kappa shape index (κ1) is 25.7. The Balaban J connectivity index is 1.63. The number of aryl methyl sites for hydroxylation is 3. The van der Waals surface area contributed by atoms with E-state index in [0.29, 0.717) is 12.4 Å². The van der Waals surface area contributed by atoms with Crippen LogP contribution in [0, 0.1) is 20.8 Å². The lowest BCUT2D eigenvalue weighted by atomic mass is 10.1. The molecule has 0 saturated heterocycles. The highest BCUT2D eigenvalue weighted by molar-refractivity contribution is 5.99. The molecular weight excluding hydrogens is 462 g/mol. The number of carbonyl (C=O) groups excluding carboxylic acids is 2. The van der Waals surface area contributed by atoms with Gasteiger partial charge in [0.1, 0.15) is 12.4 Å². The van der Waals surface area contributed by atoms with Crippen LogP contribution in [0.25, 0.3) is 16.8 Å². The lowest BCUT2D eigenvalue weighted by Gasteiger charge is -2.23. The minimum atomic E-state index is -0.308. The molecule has 0 aliphatic rings. The second-order valence-electron chi connectivity index (χ2n) is 9.14. The Bertz CT molecular complexity index is 1380. The van der Waals surface area contributed by atoms with Crippen LogP contribution in [-0.4, -0.2) is 39.7 Å². The van der Waals surface area contributed by atoms with Crippen molar-refractivity contribution in [2.45, 2.75) is 34.1 Å². The van der Waals surface area contributed by atoms with Crippen molar-refractivity contribution < 1.29 is 9.59 Å². The van der Waals surface area contributed by atoms with Gasteiger partial charge in [-0.3, -0.25) is 4.79 Å². The van der Waals surface area contributed by atoms with Crippen molar-refractivity contribution in [2.75, 3.05) is 23.7 Å². The fraction of sp³-hybridized carbons (Fsp3) is 0.233. The average molecular weight is 496 g/mol. The third-order valence-electron chi connectivity index (χ3n) is 6.16. The normalized spacial score (nSPS) is 10.7. The van der Waals surface area contributed by atoms with Gasteiger partial charge in [0, 0.05) is 17.8 Å². The number of benzene rings is 3. The molecule has 0 saturated carbocycles. The number of aromatic nitrogens is 2. The average Bonchev–Trinajstić information content (AvgIpc) is 3.21. The SMILES string of the molecule is CCCN(CC(=O)Nc1c(-c2ccccc2)c(C)nn1-c1ccc(C)cc1)C(=O)Nc1ccccc1C. The topological polar surface area (TPSA) is 79.3 Å². The number of nitrogens with zero attached hydrogens (tertiary/aromatic N) is 3. The van der Waals surface area contributed by atoms with Crippen molar-refractivity contribution in [2.24, 2.45) is 0 Å². The number of nitrogens with one attached hydrogen (secondary N) is 2. The summed E-state index contributed by atoms with van der Waals surface area (Å²) in [5.41, 5.74) is 6.27. The maximum atomic E-state index is 13.4. The van der Waals surface area contributed by atoms with Gasteiger partial charge in [0.2, 0.25) is 5.91 Å². The van der Waals surface area contributed by atoms with Gasteiger partial charge in [-0.2, -0.15) is 5.10 Å². The summed E-state index contributed by atoms with van der Waals surface area (Å²) < 4.78 is 1.76. The smallest absolute Gasteiger partial charge is 0.315 e. The molecule has 2 N–H and O–H groups in total. The van der Waals surface area contributed by atoms with Crippen molar-refractivity contribution in [1.82, 2.24) is 14.7 Å². The Kier molecular flexibility index (Phi) is 8.03. The minimum absolute atomic E-state index is 0.0854. The van der Waals surface area contributed by atoms with Crippen LogP contribution < -0.4 is 10.6 Å². The Hall–Kier alpha value is -4.39. The summed E-state index contributed by atoms with van der Waals surface area (Å²) >= 11 is 0. The zero-order valence-electron chi connectivity index (χ0n) is 21.8. The summed E-state index contributed by atoms with van der Waals surface area (Å²) in [4.78, 5) is 28.0. The van der Waals surface area contributed by atoms with Gasteiger partial charge < -0.3 is 15.5 Å². The summed E-state index contributed by atoms with van der Waals surface area (Å²) in [6.45, 7) is 8.24. The first-order valence-corrected chi connectivity index (χ1v) is 12.5.